The molecule has 1 aromatic heterocycles. The predicted octanol–water partition coefficient (Wildman–Crippen LogP) is 4.40. The second kappa shape index (κ2) is 8.01. The summed E-state index contributed by atoms with van der Waals surface area (Å²) in [5.41, 5.74) is 2.32. The summed E-state index contributed by atoms with van der Waals surface area (Å²) < 4.78 is 12.1. The number of hydrogen-bond acceptors (Lipinski definition) is 4. The molecule has 2 aromatic carbocycles. The lowest BCUT2D eigenvalue weighted by atomic mass is 10.1. The zero-order valence-electron chi connectivity index (χ0n) is 15.1. The summed E-state index contributed by atoms with van der Waals surface area (Å²) >= 11 is 6.08. The summed E-state index contributed by atoms with van der Waals surface area (Å²) in [6, 6.07) is 14.3. The average Bonchev–Trinajstić information content (AvgIpc) is 3.03. The average molecular weight is 387 g/mol. The molecule has 8 heteroatoms. The molecule has 1 heterocycles. The Bertz CT molecular complexity index is 957. The number of carbonyl (C=O) groups is 1. The highest BCUT2D eigenvalue weighted by Crippen LogP contribution is 2.36. The molecule has 2 N–H and O–H groups in total. The number of carbonyl (C=O) groups excluding carboxylic acids is 1. The van der Waals surface area contributed by atoms with Crippen LogP contribution in [0.3, 0.4) is 0 Å². The SMILES string of the molecule is COc1cc(NC(=O)Nc2cc(-c3ccccc3)n(C)n2)c(OC)cc1Cl. The van der Waals surface area contributed by atoms with Crippen LogP contribution in [0.1, 0.15) is 0 Å². The van der Waals surface area contributed by atoms with Gasteiger partial charge in [0.25, 0.3) is 0 Å². The number of anilines is 2. The lowest BCUT2D eigenvalue weighted by Gasteiger charge is -2.13. The van der Waals surface area contributed by atoms with Gasteiger partial charge in [-0.05, 0) is 5.56 Å². The molecule has 27 heavy (non-hydrogen) atoms. The first-order valence-corrected chi connectivity index (χ1v) is 8.48. The minimum Gasteiger partial charge on any atom is -0.495 e. The number of ether oxygens (including phenoxy) is 2. The van der Waals surface area contributed by atoms with Gasteiger partial charge in [0, 0.05) is 25.2 Å². The molecule has 3 rings (SSSR count). The second-order valence-electron chi connectivity index (χ2n) is 5.67. The molecule has 7 nitrogen and oxygen atoms in total. The molecule has 0 fully saturated rings. The minimum absolute atomic E-state index is 0.387. The normalized spacial score (nSPS) is 10.4. The van der Waals surface area contributed by atoms with E-state index in [2.05, 4.69) is 15.7 Å². The Kier molecular flexibility index (Phi) is 5.52. The van der Waals surface area contributed by atoms with E-state index < -0.39 is 6.03 Å². The summed E-state index contributed by atoms with van der Waals surface area (Å²) in [4.78, 5) is 12.4. The van der Waals surface area contributed by atoms with Gasteiger partial charge < -0.3 is 14.8 Å². The number of hydrogen-bond donors (Lipinski definition) is 2. The highest BCUT2D eigenvalue weighted by atomic mass is 35.5. The van der Waals surface area contributed by atoms with Gasteiger partial charge in [0.15, 0.2) is 5.82 Å². The van der Waals surface area contributed by atoms with Gasteiger partial charge in [-0.3, -0.25) is 10.00 Å². The summed E-state index contributed by atoms with van der Waals surface area (Å²) in [5, 5.41) is 10.1. The molecule has 0 bridgehead atoms. The van der Waals surface area contributed by atoms with Crippen LogP contribution in [0.4, 0.5) is 16.3 Å². The van der Waals surface area contributed by atoms with Crippen molar-refractivity contribution in [1.29, 1.82) is 0 Å². The van der Waals surface area contributed by atoms with Gasteiger partial charge in [0.1, 0.15) is 11.5 Å². The first kappa shape index (κ1) is 18.6. The molecular formula is C19H19ClN4O3. The Hall–Kier alpha value is -3.19. The summed E-state index contributed by atoms with van der Waals surface area (Å²) in [6.07, 6.45) is 0. The Morgan fingerprint density at radius 1 is 1.04 bits per heavy atom. The molecular weight excluding hydrogens is 368 g/mol. The van der Waals surface area contributed by atoms with Crippen LogP contribution >= 0.6 is 11.6 Å². The summed E-state index contributed by atoms with van der Waals surface area (Å²) in [6.45, 7) is 0. The van der Waals surface area contributed by atoms with E-state index in [1.165, 1.54) is 14.2 Å². The van der Waals surface area contributed by atoms with Crippen molar-refractivity contribution < 1.29 is 14.3 Å². The maximum Gasteiger partial charge on any atom is 0.325 e. The van der Waals surface area contributed by atoms with Crippen LogP contribution in [0.15, 0.2) is 48.5 Å². The third-order valence-corrected chi connectivity index (χ3v) is 4.21. The fourth-order valence-corrected chi connectivity index (χ4v) is 2.87. The number of rotatable bonds is 5. The topological polar surface area (TPSA) is 77.4 Å². The van der Waals surface area contributed by atoms with Crippen LogP contribution in [0.2, 0.25) is 5.02 Å². The molecule has 0 unspecified atom stereocenters. The maximum absolute atomic E-state index is 12.4. The molecule has 0 saturated carbocycles. The van der Waals surface area contributed by atoms with Gasteiger partial charge in [-0.1, -0.05) is 41.9 Å². The van der Waals surface area contributed by atoms with Gasteiger partial charge in [0.2, 0.25) is 0 Å². The first-order chi connectivity index (χ1) is 13.0. The first-order valence-electron chi connectivity index (χ1n) is 8.11. The van der Waals surface area contributed by atoms with Crippen LogP contribution in [-0.2, 0) is 7.05 Å². The van der Waals surface area contributed by atoms with Gasteiger partial charge in [-0.2, -0.15) is 5.10 Å². The smallest absolute Gasteiger partial charge is 0.325 e. The third-order valence-electron chi connectivity index (χ3n) is 3.91. The van der Waals surface area contributed by atoms with E-state index >= 15 is 0 Å². The van der Waals surface area contributed by atoms with Crippen LogP contribution in [-0.4, -0.2) is 30.0 Å². The van der Waals surface area contributed by atoms with E-state index in [-0.39, 0.29) is 0 Å². The maximum atomic E-state index is 12.4. The van der Waals surface area contributed by atoms with Crippen molar-refractivity contribution in [2.75, 3.05) is 24.9 Å². The van der Waals surface area contributed by atoms with Crippen molar-refractivity contribution in [2.24, 2.45) is 7.05 Å². The van der Waals surface area contributed by atoms with Gasteiger partial charge in [-0.25, -0.2) is 4.79 Å². The highest BCUT2D eigenvalue weighted by molar-refractivity contribution is 6.32. The van der Waals surface area contributed by atoms with E-state index in [1.807, 2.05) is 37.4 Å². The Morgan fingerprint density at radius 2 is 1.74 bits per heavy atom. The summed E-state index contributed by atoms with van der Waals surface area (Å²) in [7, 11) is 4.81. The van der Waals surface area contributed by atoms with Crippen LogP contribution in [0.5, 0.6) is 11.5 Å². The number of nitrogens with one attached hydrogen (secondary N) is 2. The number of amides is 2. The van der Waals surface area contributed by atoms with Crippen LogP contribution < -0.4 is 20.1 Å². The monoisotopic (exact) mass is 386 g/mol. The zero-order chi connectivity index (χ0) is 19.4. The van der Waals surface area contributed by atoms with Crippen LogP contribution in [0.25, 0.3) is 11.3 Å². The zero-order valence-corrected chi connectivity index (χ0v) is 15.9. The molecule has 0 atom stereocenters. The fraction of sp³-hybridized carbons (Fsp3) is 0.158. The number of aryl methyl sites for hydroxylation is 1. The second-order valence-corrected chi connectivity index (χ2v) is 6.08. The molecule has 0 aliphatic rings. The number of halogens is 1. The fourth-order valence-electron chi connectivity index (χ4n) is 2.64. The van der Waals surface area contributed by atoms with Gasteiger partial charge in [0.05, 0.1) is 30.6 Å². The Morgan fingerprint density at radius 3 is 2.41 bits per heavy atom. The summed E-state index contributed by atoms with van der Waals surface area (Å²) in [5.74, 6) is 1.27. The number of methoxy groups -OCH3 is 2. The number of aromatic nitrogens is 2. The predicted molar refractivity (Wildman–Crippen MR) is 106 cm³/mol. The Balaban J connectivity index is 1.77. The molecule has 3 aromatic rings. The van der Waals surface area contributed by atoms with E-state index in [9.17, 15) is 4.79 Å². The van der Waals surface area contributed by atoms with Crippen molar-refractivity contribution in [1.82, 2.24) is 9.78 Å². The number of nitrogens with zero attached hydrogens (tertiary/aromatic N) is 2. The van der Waals surface area contributed by atoms with E-state index in [0.29, 0.717) is 28.0 Å². The molecule has 140 valence electrons. The van der Waals surface area contributed by atoms with Crippen molar-refractivity contribution >= 4 is 29.1 Å². The van der Waals surface area contributed by atoms with E-state index in [1.54, 1.807) is 22.9 Å². The largest absolute Gasteiger partial charge is 0.495 e. The van der Waals surface area contributed by atoms with Crippen molar-refractivity contribution in [3.63, 3.8) is 0 Å². The van der Waals surface area contributed by atoms with E-state index in [0.717, 1.165) is 11.3 Å². The quantitative estimate of drug-likeness (QED) is 0.681. The molecule has 0 radical (unpaired) electrons. The molecule has 2 amide bonds. The van der Waals surface area contributed by atoms with Gasteiger partial charge in [-0.15, -0.1) is 0 Å². The van der Waals surface area contributed by atoms with Crippen molar-refractivity contribution in [3.8, 4) is 22.8 Å². The third kappa shape index (κ3) is 4.15. The molecule has 0 saturated heterocycles. The lowest BCUT2D eigenvalue weighted by molar-refractivity contribution is 0.262. The van der Waals surface area contributed by atoms with Crippen molar-refractivity contribution in [2.45, 2.75) is 0 Å². The van der Waals surface area contributed by atoms with Crippen LogP contribution in [0, 0.1) is 0 Å². The van der Waals surface area contributed by atoms with Gasteiger partial charge >= 0.3 is 6.03 Å². The lowest BCUT2D eigenvalue weighted by Crippen LogP contribution is -2.20. The Labute approximate surface area is 161 Å². The number of urea groups is 1. The minimum atomic E-state index is -0.463. The van der Waals surface area contributed by atoms with E-state index in [4.69, 9.17) is 21.1 Å². The highest BCUT2D eigenvalue weighted by Gasteiger charge is 2.14. The standard InChI is InChI=1S/C19H19ClN4O3/c1-24-15(12-7-5-4-6-8-12)11-18(23-24)22-19(25)21-14-10-16(26-2)13(20)9-17(14)27-3/h4-11H,1-3H3,(H2,21,22,23,25). The molecule has 0 aliphatic heterocycles. The number of benzene rings is 2. The molecule has 0 aliphatic carbocycles. The van der Waals surface area contributed by atoms with Crippen molar-refractivity contribution in [3.05, 3.63) is 53.6 Å². The molecule has 0 spiro atoms.